The third kappa shape index (κ3) is 3.23. The lowest BCUT2D eigenvalue weighted by atomic mass is 10.1. The van der Waals surface area contributed by atoms with E-state index in [1.54, 1.807) is 11.0 Å². The summed E-state index contributed by atoms with van der Waals surface area (Å²) in [7, 11) is 0. The van der Waals surface area contributed by atoms with Crippen molar-refractivity contribution in [2.75, 3.05) is 6.54 Å². The predicted octanol–water partition coefficient (Wildman–Crippen LogP) is 2.07. The Balaban J connectivity index is 1.54. The third-order valence-corrected chi connectivity index (χ3v) is 4.49. The Morgan fingerprint density at radius 3 is 2.33 bits per heavy atom. The number of likely N-dealkylation sites (tertiary alicyclic amines) is 1. The Morgan fingerprint density at radius 2 is 1.75 bits per heavy atom. The zero-order valence-corrected chi connectivity index (χ0v) is 13.0. The van der Waals surface area contributed by atoms with Gasteiger partial charge in [0.2, 0.25) is 11.8 Å². The fraction of sp³-hybridized carbons (Fsp3) is 0.471. The molecule has 126 valence electrons. The van der Waals surface area contributed by atoms with Gasteiger partial charge in [-0.15, -0.1) is 0 Å². The standard InChI is InChI=1S/C17H17F2N3O2/c18-17(19)7-14(8-20)22(11-17)16(24)6-5-15(23)21-9-12-3-1-2-4-13(12)10-21/h1-4,14H,5-7,9-11H2/t14-/m0/s1. The SMILES string of the molecule is N#C[C@@H]1CC(F)(F)CN1C(=O)CCC(=O)N1Cc2ccccc2C1. The molecule has 1 atom stereocenters. The molecule has 0 N–H and O–H groups in total. The van der Waals surface area contributed by atoms with E-state index in [-0.39, 0.29) is 18.7 Å². The predicted molar refractivity (Wildman–Crippen MR) is 80.6 cm³/mol. The second kappa shape index (κ2) is 6.19. The fourth-order valence-corrected chi connectivity index (χ4v) is 3.22. The molecule has 1 fully saturated rings. The van der Waals surface area contributed by atoms with E-state index in [0.29, 0.717) is 13.1 Å². The van der Waals surface area contributed by atoms with Crippen molar-refractivity contribution in [3.05, 3.63) is 35.4 Å². The summed E-state index contributed by atoms with van der Waals surface area (Å²) in [6, 6.07) is 8.35. The Bertz CT molecular complexity index is 689. The largest absolute Gasteiger partial charge is 0.334 e. The number of benzene rings is 1. The molecule has 2 aliphatic rings. The smallest absolute Gasteiger partial charge is 0.268 e. The molecule has 2 aliphatic heterocycles. The van der Waals surface area contributed by atoms with Gasteiger partial charge in [-0.3, -0.25) is 9.59 Å². The zero-order chi connectivity index (χ0) is 17.3. The van der Waals surface area contributed by atoms with E-state index in [1.807, 2.05) is 24.3 Å². The van der Waals surface area contributed by atoms with Crippen LogP contribution in [0.5, 0.6) is 0 Å². The Hall–Kier alpha value is -2.49. The molecule has 3 rings (SSSR count). The number of halogens is 2. The summed E-state index contributed by atoms with van der Waals surface area (Å²) in [5, 5.41) is 8.92. The summed E-state index contributed by atoms with van der Waals surface area (Å²) in [4.78, 5) is 26.9. The van der Waals surface area contributed by atoms with Crippen molar-refractivity contribution >= 4 is 11.8 Å². The van der Waals surface area contributed by atoms with Gasteiger partial charge < -0.3 is 9.80 Å². The van der Waals surface area contributed by atoms with Crippen LogP contribution in [0.3, 0.4) is 0 Å². The molecular formula is C17H17F2N3O2. The highest BCUT2D eigenvalue weighted by atomic mass is 19.3. The van der Waals surface area contributed by atoms with Gasteiger partial charge in [-0.25, -0.2) is 8.78 Å². The Kier molecular flexibility index (Phi) is 4.22. The van der Waals surface area contributed by atoms with Crippen molar-refractivity contribution in [1.29, 1.82) is 5.26 Å². The lowest BCUT2D eigenvalue weighted by Gasteiger charge is -2.20. The van der Waals surface area contributed by atoms with Gasteiger partial charge in [0.15, 0.2) is 0 Å². The van der Waals surface area contributed by atoms with Gasteiger partial charge in [-0.2, -0.15) is 5.26 Å². The monoisotopic (exact) mass is 333 g/mol. The van der Waals surface area contributed by atoms with Crippen LogP contribution in [0.25, 0.3) is 0 Å². The summed E-state index contributed by atoms with van der Waals surface area (Å²) >= 11 is 0. The Labute approximate surface area is 138 Å². The van der Waals surface area contributed by atoms with E-state index < -0.39 is 30.8 Å². The number of carbonyl (C=O) groups is 2. The van der Waals surface area contributed by atoms with E-state index in [0.717, 1.165) is 16.0 Å². The second-order valence-corrected chi connectivity index (χ2v) is 6.25. The number of hydrogen-bond donors (Lipinski definition) is 0. The first-order chi connectivity index (χ1) is 11.4. The minimum atomic E-state index is -3.03. The van der Waals surface area contributed by atoms with Crippen LogP contribution in [0.2, 0.25) is 0 Å². The minimum Gasteiger partial charge on any atom is -0.334 e. The van der Waals surface area contributed by atoms with E-state index in [1.165, 1.54) is 0 Å². The van der Waals surface area contributed by atoms with Crippen LogP contribution in [0.4, 0.5) is 8.78 Å². The molecule has 0 unspecified atom stereocenters. The molecule has 0 aliphatic carbocycles. The first kappa shape index (κ1) is 16.4. The molecule has 1 aromatic rings. The normalized spacial score (nSPS) is 21.5. The maximum atomic E-state index is 13.4. The molecule has 5 nitrogen and oxygen atoms in total. The van der Waals surface area contributed by atoms with Crippen molar-refractivity contribution in [3.63, 3.8) is 0 Å². The summed E-state index contributed by atoms with van der Waals surface area (Å²) in [5.74, 6) is -3.78. The molecule has 1 aromatic carbocycles. The average molecular weight is 333 g/mol. The highest BCUT2D eigenvalue weighted by Crippen LogP contribution is 2.32. The van der Waals surface area contributed by atoms with E-state index in [4.69, 9.17) is 5.26 Å². The van der Waals surface area contributed by atoms with Crippen LogP contribution in [-0.2, 0) is 22.7 Å². The van der Waals surface area contributed by atoms with Crippen molar-refractivity contribution in [2.24, 2.45) is 0 Å². The average Bonchev–Trinajstić information content (AvgIpc) is 3.12. The number of nitriles is 1. The van der Waals surface area contributed by atoms with Crippen LogP contribution in [0.1, 0.15) is 30.4 Å². The molecular weight excluding hydrogens is 316 g/mol. The molecule has 0 saturated carbocycles. The first-order valence-corrected chi connectivity index (χ1v) is 7.81. The highest BCUT2D eigenvalue weighted by Gasteiger charge is 2.47. The van der Waals surface area contributed by atoms with Gasteiger partial charge in [0.1, 0.15) is 6.04 Å². The quantitative estimate of drug-likeness (QED) is 0.850. The number of nitrogens with zero attached hydrogens (tertiary/aromatic N) is 3. The van der Waals surface area contributed by atoms with Crippen molar-refractivity contribution in [3.8, 4) is 6.07 Å². The number of rotatable bonds is 3. The molecule has 0 radical (unpaired) electrons. The molecule has 0 aromatic heterocycles. The first-order valence-electron chi connectivity index (χ1n) is 7.81. The molecule has 2 amide bonds. The summed E-state index contributed by atoms with van der Waals surface area (Å²) < 4.78 is 26.7. The lowest BCUT2D eigenvalue weighted by Crippen LogP contribution is -2.36. The maximum absolute atomic E-state index is 13.4. The molecule has 24 heavy (non-hydrogen) atoms. The van der Waals surface area contributed by atoms with Gasteiger partial charge >= 0.3 is 0 Å². The van der Waals surface area contributed by atoms with E-state index in [9.17, 15) is 18.4 Å². The highest BCUT2D eigenvalue weighted by molar-refractivity contribution is 5.84. The number of alkyl halides is 2. The lowest BCUT2D eigenvalue weighted by molar-refractivity contribution is -0.138. The summed E-state index contributed by atoms with van der Waals surface area (Å²) in [5.41, 5.74) is 2.17. The molecule has 0 bridgehead atoms. The molecule has 0 spiro atoms. The summed E-state index contributed by atoms with van der Waals surface area (Å²) in [6.07, 6.45) is -0.822. The van der Waals surface area contributed by atoms with Crippen LogP contribution < -0.4 is 0 Å². The summed E-state index contributed by atoms with van der Waals surface area (Å²) in [6.45, 7) is 0.269. The minimum absolute atomic E-state index is 0.0347. The van der Waals surface area contributed by atoms with Crippen LogP contribution in [0.15, 0.2) is 24.3 Å². The van der Waals surface area contributed by atoms with Gasteiger partial charge in [-0.1, -0.05) is 24.3 Å². The second-order valence-electron chi connectivity index (χ2n) is 6.25. The van der Waals surface area contributed by atoms with Crippen LogP contribution in [0, 0.1) is 11.3 Å². The van der Waals surface area contributed by atoms with Crippen molar-refractivity contribution < 1.29 is 18.4 Å². The maximum Gasteiger partial charge on any atom is 0.268 e. The number of amides is 2. The molecule has 1 saturated heterocycles. The van der Waals surface area contributed by atoms with Crippen LogP contribution in [-0.4, -0.2) is 40.1 Å². The fourth-order valence-electron chi connectivity index (χ4n) is 3.22. The zero-order valence-electron chi connectivity index (χ0n) is 13.0. The van der Waals surface area contributed by atoms with Crippen molar-refractivity contribution in [1.82, 2.24) is 9.80 Å². The van der Waals surface area contributed by atoms with Gasteiger partial charge in [0, 0.05) is 32.4 Å². The van der Waals surface area contributed by atoms with Crippen molar-refractivity contribution in [2.45, 2.75) is 44.3 Å². The molecule has 7 heteroatoms. The van der Waals surface area contributed by atoms with E-state index in [2.05, 4.69) is 0 Å². The topological polar surface area (TPSA) is 64.4 Å². The van der Waals surface area contributed by atoms with Gasteiger partial charge in [0.25, 0.3) is 5.92 Å². The van der Waals surface area contributed by atoms with Crippen LogP contribution >= 0.6 is 0 Å². The molecule has 2 heterocycles. The number of fused-ring (bicyclic) bond motifs is 1. The number of carbonyl (C=O) groups excluding carboxylic acids is 2. The third-order valence-electron chi connectivity index (χ3n) is 4.49. The Morgan fingerprint density at radius 1 is 1.17 bits per heavy atom. The van der Waals surface area contributed by atoms with E-state index >= 15 is 0 Å². The van der Waals surface area contributed by atoms with Gasteiger partial charge in [0.05, 0.1) is 12.6 Å². The number of hydrogen-bond acceptors (Lipinski definition) is 3. The van der Waals surface area contributed by atoms with Gasteiger partial charge in [-0.05, 0) is 11.1 Å².